The van der Waals surface area contributed by atoms with Gasteiger partial charge in [-0.15, -0.1) is 0 Å². The third kappa shape index (κ3) is 3.83. The number of amides is 1. The van der Waals surface area contributed by atoms with Gasteiger partial charge in [0.25, 0.3) is 0 Å². The molecule has 0 radical (unpaired) electrons. The molecule has 1 amide bonds. The topological polar surface area (TPSA) is 47.3 Å². The molecule has 1 aliphatic heterocycles. The van der Waals surface area contributed by atoms with Gasteiger partial charge in [-0.25, -0.2) is 4.39 Å². The van der Waals surface area contributed by atoms with Crippen LogP contribution in [-0.2, 0) is 4.79 Å². The molecular weight excluding hydrogens is 281 g/mol. The summed E-state index contributed by atoms with van der Waals surface area (Å²) >= 11 is 0. The van der Waals surface area contributed by atoms with E-state index < -0.39 is 6.04 Å². The molecule has 4 nitrogen and oxygen atoms in total. The molecule has 118 valence electrons. The molecule has 1 atom stereocenters. The van der Waals surface area contributed by atoms with Crippen LogP contribution in [0, 0.1) is 23.1 Å². The summed E-state index contributed by atoms with van der Waals surface area (Å²) in [6.07, 6.45) is 0.551. The fraction of sp³-hybridized carbons (Fsp3) is 0.529. The Morgan fingerprint density at radius 2 is 1.91 bits per heavy atom. The molecule has 0 spiro atoms. The third-order valence-corrected chi connectivity index (χ3v) is 3.94. The SMILES string of the molecule is CC(C)CC(=O)N1CCN(C(C#N)c2ccccc2F)CC1. The maximum atomic E-state index is 13.9. The van der Waals surface area contributed by atoms with Gasteiger partial charge in [0, 0.05) is 38.2 Å². The normalized spacial score (nSPS) is 17.3. The van der Waals surface area contributed by atoms with Crippen molar-refractivity contribution >= 4 is 5.91 Å². The largest absolute Gasteiger partial charge is 0.340 e. The van der Waals surface area contributed by atoms with Crippen molar-refractivity contribution < 1.29 is 9.18 Å². The van der Waals surface area contributed by atoms with Gasteiger partial charge in [-0.05, 0) is 12.0 Å². The van der Waals surface area contributed by atoms with E-state index in [4.69, 9.17) is 0 Å². The number of hydrogen-bond acceptors (Lipinski definition) is 3. The fourth-order valence-corrected chi connectivity index (χ4v) is 2.75. The molecule has 22 heavy (non-hydrogen) atoms. The van der Waals surface area contributed by atoms with Crippen LogP contribution in [0.2, 0.25) is 0 Å². The van der Waals surface area contributed by atoms with E-state index in [1.807, 2.05) is 23.6 Å². The zero-order valence-corrected chi connectivity index (χ0v) is 13.1. The van der Waals surface area contributed by atoms with Crippen LogP contribution in [0.3, 0.4) is 0 Å². The van der Waals surface area contributed by atoms with E-state index in [-0.39, 0.29) is 11.7 Å². The summed E-state index contributed by atoms with van der Waals surface area (Å²) in [5.41, 5.74) is 0.409. The molecule has 1 aliphatic rings. The summed E-state index contributed by atoms with van der Waals surface area (Å²) in [6, 6.07) is 7.99. The lowest BCUT2D eigenvalue weighted by Crippen LogP contribution is -2.49. The zero-order chi connectivity index (χ0) is 16.1. The second-order valence-electron chi connectivity index (χ2n) is 6.07. The van der Waals surface area contributed by atoms with Crippen molar-refractivity contribution in [1.82, 2.24) is 9.80 Å². The van der Waals surface area contributed by atoms with Crippen LogP contribution >= 0.6 is 0 Å². The van der Waals surface area contributed by atoms with Gasteiger partial charge < -0.3 is 4.90 Å². The Balaban J connectivity index is 2.00. The summed E-state index contributed by atoms with van der Waals surface area (Å²) in [7, 11) is 0. The number of rotatable bonds is 4. The predicted molar refractivity (Wildman–Crippen MR) is 82.4 cm³/mol. The van der Waals surface area contributed by atoms with Crippen LogP contribution in [0.1, 0.15) is 31.9 Å². The predicted octanol–water partition coefficient (Wildman–Crippen LogP) is 2.58. The molecule has 0 aliphatic carbocycles. The molecule has 1 aromatic rings. The molecule has 1 fully saturated rings. The van der Waals surface area contributed by atoms with Crippen LogP contribution in [0.5, 0.6) is 0 Å². The Hall–Kier alpha value is -1.93. The van der Waals surface area contributed by atoms with E-state index in [9.17, 15) is 14.4 Å². The van der Waals surface area contributed by atoms with Crippen LogP contribution in [-0.4, -0.2) is 41.9 Å². The Kier molecular flexibility index (Phi) is 5.51. The molecule has 5 heteroatoms. The minimum atomic E-state index is -0.594. The maximum absolute atomic E-state index is 13.9. The average molecular weight is 303 g/mol. The summed E-state index contributed by atoms with van der Waals surface area (Å²) in [5, 5.41) is 9.41. The zero-order valence-electron chi connectivity index (χ0n) is 13.1. The van der Waals surface area contributed by atoms with E-state index in [0.717, 1.165) is 0 Å². The summed E-state index contributed by atoms with van der Waals surface area (Å²) in [5.74, 6) is 0.150. The average Bonchev–Trinajstić information content (AvgIpc) is 2.50. The minimum absolute atomic E-state index is 0.161. The second-order valence-corrected chi connectivity index (χ2v) is 6.07. The lowest BCUT2D eigenvalue weighted by molar-refractivity contribution is -0.133. The fourth-order valence-electron chi connectivity index (χ4n) is 2.75. The molecule has 2 rings (SSSR count). The van der Waals surface area contributed by atoms with E-state index in [1.165, 1.54) is 6.07 Å². The Bertz CT molecular complexity index is 559. The van der Waals surface area contributed by atoms with Crippen molar-refractivity contribution in [2.45, 2.75) is 26.3 Å². The van der Waals surface area contributed by atoms with Crippen molar-refractivity contribution in [2.75, 3.05) is 26.2 Å². The first-order valence-corrected chi connectivity index (χ1v) is 7.68. The molecule has 1 unspecified atom stereocenters. The Morgan fingerprint density at radius 3 is 2.45 bits per heavy atom. The summed E-state index contributed by atoms with van der Waals surface area (Å²) < 4.78 is 13.9. The molecule has 0 N–H and O–H groups in total. The number of carbonyl (C=O) groups is 1. The third-order valence-electron chi connectivity index (χ3n) is 3.94. The van der Waals surface area contributed by atoms with Crippen LogP contribution < -0.4 is 0 Å². The highest BCUT2D eigenvalue weighted by Gasteiger charge is 2.28. The van der Waals surface area contributed by atoms with E-state index in [1.54, 1.807) is 18.2 Å². The van der Waals surface area contributed by atoms with Gasteiger partial charge in [0.15, 0.2) is 0 Å². The maximum Gasteiger partial charge on any atom is 0.222 e. The van der Waals surface area contributed by atoms with E-state index in [0.29, 0.717) is 44.1 Å². The Morgan fingerprint density at radius 1 is 1.27 bits per heavy atom. The van der Waals surface area contributed by atoms with Crippen LogP contribution in [0.4, 0.5) is 4.39 Å². The number of benzene rings is 1. The number of nitriles is 1. The molecule has 0 bridgehead atoms. The van der Waals surface area contributed by atoms with Crippen molar-refractivity contribution in [3.8, 4) is 6.07 Å². The number of carbonyl (C=O) groups excluding carboxylic acids is 1. The second kappa shape index (κ2) is 7.37. The quantitative estimate of drug-likeness (QED) is 0.859. The highest BCUT2D eigenvalue weighted by molar-refractivity contribution is 5.76. The van der Waals surface area contributed by atoms with Crippen molar-refractivity contribution in [3.63, 3.8) is 0 Å². The van der Waals surface area contributed by atoms with Crippen molar-refractivity contribution in [2.24, 2.45) is 5.92 Å². The standard InChI is InChI=1S/C17H22FN3O/c1-13(2)11-17(22)21-9-7-20(8-10-21)16(12-19)14-5-3-4-6-15(14)18/h3-6,13,16H,7-11H2,1-2H3. The molecule has 0 saturated carbocycles. The highest BCUT2D eigenvalue weighted by atomic mass is 19.1. The highest BCUT2D eigenvalue weighted by Crippen LogP contribution is 2.24. The summed E-state index contributed by atoms with van der Waals surface area (Å²) in [6.45, 7) is 6.43. The Labute approximate surface area is 131 Å². The van der Waals surface area contributed by atoms with Crippen molar-refractivity contribution in [3.05, 3.63) is 35.6 Å². The molecule has 0 aromatic heterocycles. The molecule has 1 aromatic carbocycles. The molecule has 1 saturated heterocycles. The first-order valence-electron chi connectivity index (χ1n) is 7.68. The van der Waals surface area contributed by atoms with Gasteiger partial charge in [0.05, 0.1) is 6.07 Å². The van der Waals surface area contributed by atoms with Crippen LogP contribution in [0.25, 0.3) is 0 Å². The number of hydrogen-bond donors (Lipinski definition) is 0. The van der Waals surface area contributed by atoms with E-state index >= 15 is 0 Å². The lowest BCUT2D eigenvalue weighted by atomic mass is 10.0. The molecular formula is C17H22FN3O. The lowest BCUT2D eigenvalue weighted by Gasteiger charge is -2.37. The van der Waals surface area contributed by atoms with Gasteiger partial charge in [0.1, 0.15) is 11.9 Å². The van der Waals surface area contributed by atoms with Gasteiger partial charge in [-0.1, -0.05) is 32.0 Å². The number of piperazine rings is 1. The van der Waals surface area contributed by atoms with Gasteiger partial charge in [-0.2, -0.15) is 5.26 Å². The smallest absolute Gasteiger partial charge is 0.222 e. The van der Waals surface area contributed by atoms with Gasteiger partial charge in [0.2, 0.25) is 5.91 Å². The first-order chi connectivity index (χ1) is 10.5. The monoisotopic (exact) mass is 303 g/mol. The minimum Gasteiger partial charge on any atom is -0.340 e. The van der Waals surface area contributed by atoms with Gasteiger partial charge >= 0.3 is 0 Å². The van der Waals surface area contributed by atoms with Gasteiger partial charge in [-0.3, -0.25) is 9.69 Å². The van der Waals surface area contributed by atoms with E-state index in [2.05, 4.69) is 6.07 Å². The number of halogens is 1. The van der Waals surface area contributed by atoms with Crippen molar-refractivity contribution in [1.29, 1.82) is 5.26 Å². The van der Waals surface area contributed by atoms with Crippen LogP contribution in [0.15, 0.2) is 24.3 Å². The number of nitrogens with zero attached hydrogens (tertiary/aromatic N) is 3. The molecule has 1 heterocycles. The summed E-state index contributed by atoms with van der Waals surface area (Å²) in [4.78, 5) is 15.8. The first kappa shape index (κ1) is 16.4.